The van der Waals surface area contributed by atoms with Crippen molar-refractivity contribution in [1.82, 2.24) is 9.80 Å². The lowest BCUT2D eigenvalue weighted by Crippen LogP contribution is -2.48. The molecule has 0 spiro atoms. The Labute approximate surface area is 124 Å². The molecule has 1 rings (SSSR count). The molecule has 1 aromatic carbocycles. The molecule has 0 aliphatic rings. The van der Waals surface area contributed by atoms with E-state index in [-0.39, 0.29) is 11.5 Å². The summed E-state index contributed by atoms with van der Waals surface area (Å²) in [5.41, 5.74) is 1.04. The van der Waals surface area contributed by atoms with Crippen LogP contribution in [-0.2, 0) is 5.41 Å². The van der Waals surface area contributed by atoms with Crippen LogP contribution in [0.3, 0.4) is 0 Å². The molecule has 0 saturated heterocycles. The van der Waals surface area contributed by atoms with Gasteiger partial charge in [0.2, 0.25) is 0 Å². The van der Waals surface area contributed by atoms with E-state index in [4.69, 9.17) is 0 Å². The van der Waals surface area contributed by atoms with Gasteiger partial charge in [-0.2, -0.15) is 0 Å². The molecule has 3 nitrogen and oxygen atoms in total. The van der Waals surface area contributed by atoms with Crippen molar-refractivity contribution in [2.75, 3.05) is 41.3 Å². The van der Waals surface area contributed by atoms with Crippen LogP contribution >= 0.6 is 0 Å². The number of aliphatic hydroxyl groups is 1. The van der Waals surface area contributed by atoms with Gasteiger partial charge in [-0.15, -0.1) is 0 Å². The van der Waals surface area contributed by atoms with Crippen molar-refractivity contribution in [3.8, 4) is 0 Å². The molecule has 1 aromatic rings. The summed E-state index contributed by atoms with van der Waals surface area (Å²) < 4.78 is 0. The molecule has 0 fully saturated rings. The minimum absolute atomic E-state index is 0.205. The number of aliphatic hydroxyl groups excluding tert-OH is 1. The Balaban J connectivity index is 3.18. The van der Waals surface area contributed by atoms with E-state index in [1.54, 1.807) is 0 Å². The van der Waals surface area contributed by atoms with Gasteiger partial charge in [0.05, 0.1) is 6.10 Å². The van der Waals surface area contributed by atoms with E-state index in [2.05, 4.69) is 69.2 Å². The minimum atomic E-state index is -0.327. The topological polar surface area (TPSA) is 26.7 Å². The van der Waals surface area contributed by atoms with E-state index in [0.717, 1.165) is 25.9 Å². The summed E-state index contributed by atoms with van der Waals surface area (Å²) in [5, 5.41) is 10.7. The minimum Gasteiger partial charge on any atom is -0.392 e. The molecule has 0 bridgehead atoms. The summed E-state index contributed by atoms with van der Waals surface area (Å²) >= 11 is 0. The number of likely N-dealkylation sites (N-methyl/N-ethyl adjacent to an activating group) is 1. The molecule has 0 radical (unpaired) electrons. The molecule has 20 heavy (non-hydrogen) atoms. The highest BCUT2D eigenvalue weighted by atomic mass is 16.3. The zero-order chi connectivity index (χ0) is 15.2. The molecule has 3 heteroatoms. The molecule has 2 atom stereocenters. The maximum Gasteiger partial charge on any atom is 0.0647 e. The van der Waals surface area contributed by atoms with E-state index in [1.165, 1.54) is 5.56 Å². The zero-order valence-corrected chi connectivity index (χ0v) is 13.6. The van der Waals surface area contributed by atoms with Gasteiger partial charge in [0.1, 0.15) is 0 Å². The largest absolute Gasteiger partial charge is 0.392 e. The second-order valence-electron chi connectivity index (χ2n) is 6.24. The van der Waals surface area contributed by atoms with Crippen LogP contribution in [0.25, 0.3) is 0 Å². The first-order chi connectivity index (χ1) is 9.42. The van der Waals surface area contributed by atoms with Crippen molar-refractivity contribution < 1.29 is 5.11 Å². The smallest absolute Gasteiger partial charge is 0.0647 e. The van der Waals surface area contributed by atoms with Gasteiger partial charge in [0.25, 0.3) is 0 Å². The van der Waals surface area contributed by atoms with Gasteiger partial charge in [-0.25, -0.2) is 0 Å². The van der Waals surface area contributed by atoms with Gasteiger partial charge in [-0.3, -0.25) is 0 Å². The Morgan fingerprint density at radius 1 is 1.05 bits per heavy atom. The molecule has 114 valence electrons. The fourth-order valence-electron chi connectivity index (χ4n) is 2.93. The molecule has 0 saturated carbocycles. The summed E-state index contributed by atoms with van der Waals surface area (Å²) in [6.07, 6.45) is 1.40. The van der Waals surface area contributed by atoms with Crippen LogP contribution < -0.4 is 0 Å². The fraction of sp³-hybridized carbons (Fsp3) is 0.647. The van der Waals surface area contributed by atoms with Crippen LogP contribution in [0.1, 0.15) is 25.3 Å². The van der Waals surface area contributed by atoms with Gasteiger partial charge in [-0.1, -0.05) is 37.3 Å². The van der Waals surface area contributed by atoms with Crippen molar-refractivity contribution in [1.29, 1.82) is 0 Å². The van der Waals surface area contributed by atoms with Gasteiger partial charge in [0, 0.05) is 12.0 Å². The average Bonchev–Trinajstić information content (AvgIpc) is 2.43. The van der Waals surface area contributed by atoms with Crippen molar-refractivity contribution >= 4 is 0 Å². The second-order valence-corrected chi connectivity index (χ2v) is 6.24. The van der Waals surface area contributed by atoms with Crippen LogP contribution in [0.5, 0.6) is 0 Å². The Morgan fingerprint density at radius 3 is 2.10 bits per heavy atom. The lowest BCUT2D eigenvalue weighted by Gasteiger charge is -2.41. The standard InChI is InChI=1S/C17H30N2O/c1-6-16(20)17(14-19(4)5,12-13-18(2)3)15-10-8-7-9-11-15/h7-11,16,20H,6,12-14H2,1-5H3/t16-,17-/m1/s1. The average molecular weight is 278 g/mol. The van der Waals surface area contributed by atoms with Crippen LogP contribution in [-0.4, -0.2) is 62.3 Å². The van der Waals surface area contributed by atoms with Gasteiger partial charge in [-0.05, 0) is 53.1 Å². The summed E-state index contributed by atoms with van der Waals surface area (Å²) in [6, 6.07) is 10.5. The Morgan fingerprint density at radius 2 is 1.65 bits per heavy atom. The molecule has 0 heterocycles. The summed E-state index contributed by atoms with van der Waals surface area (Å²) in [5.74, 6) is 0. The summed E-state index contributed by atoms with van der Waals surface area (Å²) in [6.45, 7) is 3.90. The van der Waals surface area contributed by atoms with Crippen LogP contribution in [0, 0.1) is 0 Å². The first kappa shape index (κ1) is 17.2. The molecule has 0 aliphatic carbocycles. The highest BCUT2D eigenvalue weighted by Gasteiger charge is 2.38. The lowest BCUT2D eigenvalue weighted by atomic mass is 9.71. The third-order valence-electron chi connectivity index (χ3n) is 3.98. The molecule has 1 N–H and O–H groups in total. The Bertz CT molecular complexity index is 378. The Kier molecular flexibility index (Phi) is 6.66. The number of hydrogen-bond donors (Lipinski definition) is 1. The highest BCUT2D eigenvalue weighted by Crippen LogP contribution is 2.34. The van der Waals surface area contributed by atoms with E-state index in [1.807, 2.05) is 6.07 Å². The quantitative estimate of drug-likeness (QED) is 0.790. The van der Waals surface area contributed by atoms with Crippen LogP contribution in [0.4, 0.5) is 0 Å². The van der Waals surface area contributed by atoms with Crippen LogP contribution in [0.2, 0.25) is 0 Å². The van der Waals surface area contributed by atoms with Gasteiger partial charge < -0.3 is 14.9 Å². The predicted octanol–water partition coefficient (Wildman–Crippen LogP) is 2.21. The summed E-state index contributed by atoms with van der Waals surface area (Å²) in [7, 11) is 8.33. The van der Waals surface area contributed by atoms with Crippen molar-refractivity contribution in [3.63, 3.8) is 0 Å². The lowest BCUT2D eigenvalue weighted by molar-refractivity contribution is 0.0478. The fourth-order valence-corrected chi connectivity index (χ4v) is 2.93. The maximum absolute atomic E-state index is 10.7. The second kappa shape index (κ2) is 7.77. The van der Waals surface area contributed by atoms with Gasteiger partial charge in [0.15, 0.2) is 0 Å². The van der Waals surface area contributed by atoms with E-state index >= 15 is 0 Å². The molecular formula is C17H30N2O. The molecule has 0 aliphatic heterocycles. The molecule has 0 aromatic heterocycles. The van der Waals surface area contributed by atoms with E-state index in [0.29, 0.717) is 0 Å². The SMILES string of the molecule is CC[C@@H](O)[C@](CCN(C)C)(CN(C)C)c1ccccc1. The van der Waals surface area contributed by atoms with Crippen molar-refractivity contribution in [3.05, 3.63) is 35.9 Å². The van der Waals surface area contributed by atoms with Crippen molar-refractivity contribution in [2.24, 2.45) is 0 Å². The van der Waals surface area contributed by atoms with Gasteiger partial charge >= 0.3 is 0 Å². The maximum atomic E-state index is 10.7. The van der Waals surface area contributed by atoms with Crippen molar-refractivity contribution in [2.45, 2.75) is 31.3 Å². The number of hydrogen-bond acceptors (Lipinski definition) is 3. The zero-order valence-electron chi connectivity index (χ0n) is 13.6. The molecule has 0 amide bonds. The number of nitrogens with zero attached hydrogens (tertiary/aromatic N) is 2. The normalized spacial score (nSPS) is 16.4. The third-order valence-corrected chi connectivity index (χ3v) is 3.98. The van der Waals surface area contributed by atoms with E-state index in [9.17, 15) is 5.11 Å². The predicted molar refractivity (Wildman–Crippen MR) is 86.1 cm³/mol. The first-order valence-corrected chi connectivity index (χ1v) is 7.45. The third kappa shape index (κ3) is 4.30. The number of rotatable bonds is 8. The van der Waals surface area contributed by atoms with Crippen LogP contribution in [0.15, 0.2) is 30.3 Å². The summed E-state index contributed by atoms with van der Waals surface area (Å²) in [4.78, 5) is 4.37. The molecular weight excluding hydrogens is 248 g/mol. The highest BCUT2D eigenvalue weighted by molar-refractivity contribution is 5.28. The Hall–Kier alpha value is -0.900. The monoisotopic (exact) mass is 278 g/mol. The van der Waals surface area contributed by atoms with E-state index < -0.39 is 0 Å². The number of benzene rings is 1. The molecule has 0 unspecified atom stereocenters. The first-order valence-electron chi connectivity index (χ1n) is 7.45.